The lowest BCUT2D eigenvalue weighted by atomic mass is 9.94. The molecule has 1 heterocycles. The molecule has 0 amide bonds. The zero-order valence-electron chi connectivity index (χ0n) is 12.6. The Bertz CT molecular complexity index is 484. The second kappa shape index (κ2) is 6.16. The number of hydrogen-bond donors (Lipinski definition) is 1. The molecule has 0 unspecified atom stereocenters. The smallest absolute Gasteiger partial charge is 0.327 e. The summed E-state index contributed by atoms with van der Waals surface area (Å²) in [5, 5.41) is 3.51. The summed E-state index contributed by atoms with van der Waals surface area (Å²) < 4.78 is 10.8. The molecule has 1 aromatic rings. The molecule has 1 aromatic carbocycles. The molecular weight excluding hydrogens is 266 g/mol. The molecule has 0 aromatic heterocycles. The Balaban J connectivity index is 1.75. The summed E-state index contributed by atoms with van der Waals surface area (Å²) in [5.74, 6) is 0.375. The van der Waals surface area contributed by atoms with Crippen LogP contribution in [0.25, 0.3) is 0 Å². The summed E-state index contributed by atoms with van der Waals surface area (Å²) in [6, 6.07) is 8.28. The van der Waals surface area contributed by atoms with Crippen molar-refractivity contribution in [3.63, 3.8) is 0 Å². The molecule has 1 aliphatic heterocycles. The van der Waals surface area contributed by atoms with Crippen molar-refractivity contribution in [3.05, 3.63) is 35.4 Å². The van der Waals surface area contributed by atoms with Gasteiger partial charge in [0, 0.05) is 26.0 Å². The molecule has 1 N–H and O–H groups in total. The van der Waals surface area contributed by atoms with Crippen molar-refractivity contribution in [2.24, 2.45) is 5.92 Å². The Kier molecular flexibility index (Phi) is 4.27. The lowest BCUT2D eigenvalue weighted by Gasteiger charge is -2.29. The molecule has 1 saturated heterocycles. The van der Waals surface area contributed by atoms with Gasteiger partial charge in [0.1, 0.15) is 5.54 Å². The van der Waals surface area contributed by atoms with E-state index in [0.717, 1.165) is 39.0 Å². The summed E-state index contributed by atoms with van der Waals surface area (Å²) >= 11 is 0. The van der Waals surface area contributed by atoms with Gasteiger partial charge in [-0.05, 0) is 30.4 Å². The molecule has 3 rings (SSSR count). The highest BCUT2D eigenvalue weighted by molar-refractivity contribution is 5.83. The molecule has 0 radical (unpaired) electrons. The zero-order valence-corrected chi connectivity index (χ0v) is 12.6. The van der Waals surface area contributed by atoms with Crippen molar-refractivity contribution in [1.82, 2.24) is 5.32 Å². The van der Waals surface area contributed by atoms with E-state index in [1.54, 1.807) is 0 Å². The number of benzene rings is 1. The largest absolute Gasteiger partial charge is 0.465 e. The lowest BCUT2D eigenvalue weighted by Crippen LogP contribution is -2.55. The van der Waals surface area contributed by atoms with Crippen molar-refractivity contribution < 1.29 is 14.3 Å². The fourth-order valence-corrected chi connectivity index (χ4v) is 3.31. The normalized spacial score (nSPS) is 23.0. The summed E-state index contributed by atoms with van der Waals surface area (Å²) in [6.07, 6.45) is 2.50. The molecule has 1 aliphatic carbocycles. The van der Waals surface area contributed by atoms with E-state index in [9.17, 15) is 4.79 Å². The number of nitrogens with one attached hydrogen (secondary N) is 1. The highest BCUT2D eigenvalue weighted by Crippen LogP contribution is 2.31. The first-order valence-electron chi connectivity index (χ1n) is 7.80. The Morgan fingerprint density at radius 1 is 1.38 bits per heavy atom. The van der Waals surface area contributed by atoms with Gasteiger partial charge >= 0.3 is 5.97 Å². The van der Waals surface area contributed by atoms with Gasteiger partial charge < -0.3 is 14.8 Å². The van der Waals surface area contributed by atoms with Gasteiger partial charge in [-0.2, -0.15) is 0 Å². The minimum absolute atomic E-state index is 0.125. The Morgan fingerprint density at radius 3 is 2.67 bits per heavy atom. The first-order valence-corrected chi connectivity index (χ1v) is 7.80. The summed E-state index contributed by atoms with van der Waals surface area (Å²) in [5.41, 5.74) is 1.91. The summed E-state index contributed by atoms with van der Waals surface area (Å²) in [7, 11) is 0. The van der Waals surface area contributed by atoms with Gasteiger partial charge in [-0.3, -0.25) is 4.79 Å². The number of rotatable bonds is 5. The second-order valence-corrected chi connectivity index (χ2v) is 6.04. The van der Waals surface area contributed by atoms with Crippen molar-refractivity contribution in [2.75, 3.05) is 26.4 Å². The van der Waals surface area contributed by atoms with Crippen LogP contribution in [0.2, 0.25) is 0 Å². The van der Waals surface area contributed by atoms with Crippen LogP contribution < -0.4 is 5.32 Å². The molecule has 21 heavy (non-hydrogen) atoms. The maximum Gasteiger partial charge on any atom is 0.327 e. The maximum absolute atomic E-state index is 12.5. The van der Waals surface area contributed by atoms with Crippen molar-refractivity contribution in [2.45, 2.75) is 31.7 Å². The van der Waals surface area contributed by atoms with Crippen LogP contribution in [0.3, 0.4) is 0 Å². The first kappa shape index (κ1) is 14.5. The van der Waals surface area contributed by atoms with Crippen molar-refractivity contribution in [3.8, 4) is 0 Å². The SMILES string of the molecule is CCOC(=O)C1(NC[C@@H]2CCOC2)Cc2ccccc2C1. The standard InChI is InChI=1S/C17H23NO3/c1-2-21-16(19)17(18-11-13-7-8-20-12-13)9-14-5-3-4-6-15(14)10-17/h3-6,13,18H,2,7-12H2,1H3/t13-/m0/s1. The third-order valence-electron chi connectivity index (χ3n) is 4.52. The van der Waals surface area contributed by atoms with Crippen LogP contribution in [0, 0.1) is 5.92 Å². The van der Waals surface area contributed by atoms with E-state index < -0.39 is 5.54 Å². The minimum atomic E-state index is -0.595. The molecular formula is C17H23NO3. The van der Waals surface area contributed by atoms with E-state index in [0.29, 0.717) is 12.5 Å². The molecule has 4 nitrogen and oxygen atoms in total. The molecule has 1 atom stereocenters. The fourth-order valence-electron chi connectivity index (χ4n) is 3.31. The number of hydrogen-bond acceptors (Lipinski definition) is 4. The van der Waals surface area contributed by atoms with E-state index in [-0.39, 0.29) is 5.97 Å². The van der Waals surface area contributed by atoms with Gasteiger partial charge in [0.25, 0.3) is 0 Å². The number of carbonyl (C=O) groups is 1. The maximum atomic E-state index is 12.5. The number of esters is 1. The molecule has 2 aliphatic rings. The summed E-state index contributed by atoms with van der Waals surface area (Å²) in [6.45, 7) is 4.72. The highest BCUT2D eigenvalue weighted by atomic mass is 16.5. The number of fused-ring (bicyclic) bond motifs is 1. The van der Waals surface area contributed by atoms with Crippen LogP contribution >= 0.6 is 0 Å². The van der Waals surface area contributed by atoms with E-state index in [1.165, 1.54) is 11.1 Å². The van der Waals surface area contributed by atoms with E-state index >= 15 is 0 Å². The van der Waals surface area contributed by atoms with Crippen LogP contribution in [0.15, 0.2) is 24.3 Å². The van der Waals surface area contributed by atoms with Gasteiger partial charge in [-0.15, -0.1) is 0 Å². The average Bonchev–Trinajstić information content (AvgIpc) is 3.13. The van der Waals surface area contributed by atoms with E-state index in [2.05, 4.69) is 17.4 Å². The van der Waals surface area contributed by atoms with Crippen LogP contribution in [0.1, 0.15) is 24.5 Å². The molecule has 0 spiro atoms. The predicted molar refractivity (Wildman–Crippen MR) is 80.1 cm³/mol. The Morgan fingerprint density at radius 2 is 2.10 bits per heavy atom. The average molecular weight is 289 g/mol. The van der Waals surface area contributed by atoms with Gasteiger partial charge in [-0.25, -0.2) is 0 Å². The molecule has 0 bridgehead atoms. The fraction of sp³-hybridized carbons (Fsp3) is 0.588. The third kappa shape index (κ3) is 2.97. The first-order chi connectivity index (χ1) is 10.2. The van der Waals surface area contributed by atoms with Crippen LogP contribution in [-0.4, -0.2) is 37.9 Å². The Labute approximate surface area is 125 Å². The monoisotopic (exact) mass is 289 g/mol. The second-order valence-electron chi connectivity index (χ2n) is 6.04. The zero-order chi connectivity index (χ0) is 14.7. The quantitative estimate of drug-likeness (QED) is 0.838. The van der Waals surface area contributed by atoms with Gasteiger partial charge in [0.2, 0.25) is 0 Å². The third-order valence-corrected chi connectivity index (χ3v) is 4.52. The highest BCUT2D eigenvalue weighted by Gasteiger charge is 2.45. The minimum Gasteiger partial charge on any atom is -0.465 e. The summed E-state index contributed by atoms with van der Waals surface area (Å²) in [4.78, 5) is 12.5. The number of carbonyl (C=O) groups excluding carboxylic acids is 1. The molecule has 1 fully saturated rings. The topological polar surface area (TPSA) is 47.6 Å². The van der Waals surface area contributed by atoms with Gasteiger partial charge in [-0.1, -0.05) is 24.3 Å². The van der Waals surface area contributed by atoms with E-state index in [1.807, 2.05) is 19.1 Å². The number of ether oxygens (including phenoxy) is 2. The Hall–Kier alpha value is -1.39. The van der Waals surface area contributed by atoms with Gasteiger partial charge in [0.15, 0.2) is 0 Å². The molecule has 0 saturated carbocycles. The van der Waals surface area contributed by atoms with Crippen LogP contribution in [0.4, 0.5) is 0 Å². The molecule has 4 heteroatoms. The van der Waals surface area contributed by atoms with Gasteiger partial charge in [0.05, 0.1) is 13.2 Å². The van der Waals surface area contributed by atoms with Crippen LogP contribution in [-0.2, 0) is 27.1 Å². The molecule has 114 valence electrons. The van der Waals surface area contributed by atoms with Crippen molar-refractivity contribution >= 4 is 5.97 Å². The predicted octanol–water partition coefficient (Wildman–Crippen LogP) is 1.71. The lowest BCUT2D eigenvalue weighted by molar-refractivity contribution is -0.151. The van der Waals surface area contributed by atoms with Crippen molar-refractivity contribution in [1.29, 1.82) is 0 Å². The van der Waals surface area contributed by atoms with E-state index in [4.69, 9.17) is 9.47 Å². The van der Waals surface area contributed by atoms with Crippen LogP contribution in [0.5, 0.6) is 0 Å².